The molecule has 108 valence electrons. The molecule has 0 fully saturated rings. The van der Waals surface area contributed by atoms with Crippen LogP contribution in [0.15, 0.2) is 41.7 Å². The van der Waals surface area contributed by atoms with Gasteiger partial charge in [0, 0.05) is 25.5 Å². The second kappa shape index (κ2) is 5.28. The van der Waals surface area contributed by atoms with Gasteiger partial charge in [-0.3, -0.25) is 4.57 Å². The zero-order valence-electron chi connectivity index (χ0n) is 11.2. The van der Waals surface area contributed by atoms with E-state index in [1.807, 2.05) is 10.8 Å². The summed E-state index contributed by atoms with van der Waals surface area (Å²) in [5, 5.41) is 9.04. The highest BCUT2D eigenvalue weighted by Gasteiger charge is 2.10. The minimum Gasteiger partial charge on any atom is -0.478 e. The van der Waals surface area contributed by atoms with Crippen molar-refractivity contribution in [1.82, 2.24) is 19.1 Å². The number of aromatic carboxylic acids is 1. The van der Waals surface area contributed by atoms with Crippen LogP contribution in [0.2, 0.25) is 0 Å². The summed E-state index contributed by atoms with van der Waals surface area (Å²) in [5.41, 5.74) is 1.21. The number of fused-ring (bicyclic) bond motifs is 1. The largest absolute Gasteiger partial charge is 0.478 e. The van der Waals surface area contributed by atoms with E-state index in [0.717, 1.165) is 13.0 Å². The number of hydrogen-bond donors (Lipinski definition) is 2. The number of hydrogen-bond acceptors (Lipinski definition) is 3. The lowest BCUT2D eigenvalue weighted by molar-refractivity contribution is 0.0697. The maximum atomic E-state index is 12.0. The number of aromatic nitrogens is 4. The smallest absolute Gasteiger partial charge is 0.335 e. The van der Waals surface area contributed by atoms with Gasteiger partial charge in [-0.25, -0.2) is 14.6 Å². The van der Waals surface area contributed by atoms with E-state index in [9.17, 15) is 9.59 Å². The maximum absolute atomic E-state index is 12.0. The second-order valence-electron chi connectivity index (χ2n) is 4.77. The van der Waals surface area contributed by atoms with E-state index in [1.54, 1.807) is 23.2 Å². The second-order valence-corrected chi connectivity index (χ2v) is 4.77. The van der Waals surface area contributed by atoms with Crippen molar-refractivity contribution in [2.75, 3.05) is 0 Å². The first-order valence-electron chi connectivity index (χ1n) is 6.57. The zero-order valence-corrected chi connectivity index (χ0v) is 11.2. The summed E-state index contributed by atoms with van der Waals surface area (Å²) in [7, 11) is 0. The summed E-state index contributed by atoms with van der Waals surface area (Å²) in [6, 6.07) is 4.62. The number of H-pyrrole nitrogens is 1. The Kier molecular flexibility index (Phi) is 3.31. The molecule has 0 saturated heterocycles. The quantitative estimate of drug-likeness (QED) is 0.739. The van der Waals surface area contributed by atoms with Crippen molar-refractivity contribution >= 4 is 17.0 Å². The summed E-state index contributed by atoms with van der Waals surface area (Å²) < 4.78 is 3.50. The van der Waals surface area contributed by atoms with Gasteiger partial charge in [-0.2, -0.15) is 0 Å². The predicted molar refractivity (Wildman–Crippen MR) is 76.4 cm³/mol. The Labute approximate surface area is 119 Å². The van der Waals surface area contributed by atoms with E-state index in [-0.39, 0.29) is 11.3 Å². The molecule has 0 aliphatic carbocycles. The van der Waals surface area contributed by atoms with Crippen molar-refractivity contribution in [3.63, 3.8) is 0 Å². The van der Waals surface area contributed by atoms with E-state index in [1.165, 1.54) is 12.1 Å². The highest BCUT2D eigenvalue weighted by Crippen LogP contribution is 2.13. The van der Waals surface area contributed by atoms with Crippen LogP contribution < -0.4 is 5.69 Å². The number of rotatable bonds is 5. The van der Waals surface area contributed by atoms with Gasteiger partial charge >= 0.3 is 11.7 Å². The Morgan fingerprint density at radius 2 is 2.19 bits per heavy atom. The minimum absolute atomic E-state index is 0.171. The third-order valence-corrected chi connectivity index (χ3v) is 3.38. The zero-order chi connectivity index (χ0) is 14.8. The first-order chi connectivity index (χ1) is 10.1. The molecule has 21 heavy (non-hydrogen) atoms. The molecule has 2 N–H and O–H groups in total. The number of carboxylic acid groups (broad SMARTS) is 1. The normalized spacial score (nSPS) is 11.0. The molecule has 0 radical (unpaired) electrons. The van der Waals surface area contributed by atoms with Crippen LogP contribution in [0.4, 0.5) is 0 Å². The molecule has 0 aliphatic rings. The number of aromatic amines is 1. The Balaban J connectivity index is 1.86. The van der Waals surface area contributed by atoms with Crippen LogP contribution in [0.1, 0.15) is 16.8 Å². The standard InChI is InChI=1S/C14H14N4O3/c19-13(20)10-2-3-11-12(8-10)18(14(21)16-11)6-1-5-17-7-4-15-9-17/h2-4,7-9H,1,5-6H2,(H,16,21)(H,19,20). The molecule has 0 amide bonds. The van der Waals surface area contributed by atoms with Gasteiger partial charge in [0.15, 0.2) is 0 Å². The number of carbonyl (C=O) groups is 1. The SMILES string of the molecule is O=C(O)c1ccc2[nH]c(=O)n(CCCn3ccnc3)c2c1. The number of aryl methyl sites for hydroxylation is 2. The molecular formula is C14H14N4O3. The van der Waals surface area contributed by atoms with Crippen LogP contribution in [-0.4, -0.2) is 30.2 Å². The average Bonchev–Trinajstić information content (AvgIpc) is 3.06. The number of nitrogens with zero attached hydrogens (tertiary/aromatic N) is 3. The van der Waals surface area contributed by atoms with Crippen molar-refractivity contribution in [2.24, 2.45) is 0 Å². The Bertz CT molecular complexity index is 830. The summed E-state index contributed by atoms with van der Waals surface area (Å²) in [6.45, 7) is 1.26. The molecule has 0 spiro atoms. The fraction of sp³-hybridized carbons (Fsp3) is 0.214. The van der Waals surface area contributed by atoms with Crippen LogP contribution in [0.25, 0.3) is 11.0 Å². The fourth-order valence-electron chi connectivity index (χ4n) is 2.34. The van der Waals surface area contributed by atoms with Gasteiger partial charge in [-0.05, 0) is 24.6 Å². The number of benzene rings is 1. The first kappa shape index (κ1) is 13.2. The molecule has 3 rings (SSSR count). The highest BCUT2D eigenvalue weighted by molar-refractivity contribution is 5.92. The molecule has 0 atom stereocenters. The van der Waals surface area contributed by atoms with Gasteiger partial charge in [0.25, 0.3) is 0 Å². The van der Waals surface area contributed by atoms with Crippen LogP contribution in [0.3, 0.4) is 0 Å². The molecule has 0 unspecified atom stereocenters. The van der Waals surface area contributed by atoms with Gasteiger partial charge in [-0.15, -0.1) is 0 Å². The van der Waals surface area contributed by atoms with E-state index < -0.39 is 5.97 Å². The van der Waals surface area contributed by atoms with Crippen molar-refractivity contribution in [3.8, 4) is 0 Å². The molecule has 7 heteroatoms. The lowest BCUT2D eigenvalue weighted by Crippen LogP contribution is -2.17. The summed E-state index contributed by atoms with van der Waals surface area (Å²) in [4.78, 5) is 29.7. The molecule has 1 aromatic carbocycles. The first-order valence-corrected chi connectivity index (χ1v) is 6.57. The molecule has 7 nitrogen and oxygen atoms in total. The minimum atomic E-state index is -1.00. The molecular weight excluding hydrogens is 272 g/mol. The molecule has 0 bridgehead atoms. The van der Waals surface area contributed by atoms with E-state index >= 15 is 0 Å². The van der Waals surface area contributed by atoms with Crippen molar-refractivity contribution in [1.29, 1.82) is 0 Å². The molecule has 2 aromatic heterocycles. The number of carboxylic acids is 1. The van der Waals surface area contributed by atoms with Crippen molar-refractivity contribution in [2.45, 2.75) is 19.5 Å². The van der Waals surface area contributed by atoms with Gasteiger partial charge < -0.3 is 14.7 Å². The number of imidazole rings is 2. The highest BCUT2D eigenvalue weighted by atomic mass is 16.4. The summed E-state index contributed by atoms with van der Waals surface area (Å²) >= 11 is 0. The average molecular weight is 286 g/mol. The van der Waals surface area contributed by atoms with Gasteiger partial charge in [0.05, 0.1) is 22.9 Å². The summed E-state index contributed by atoms with van der Waals surface area (Å²) in [5.74, 6) is -1.00. The van der Waals surface area contributed by atoms with Crippen molar-refractivity contribution < 1.29 is 9.90 Å². The Morgan fingerprint density at radius 1 is 1.33 bits per heavy atom. The monoisotopic (exact) mass is 286 g/mol. The topological polar surface area (TPSA) is 92.9 Å². The van der Waals surface area contributed by atoms with Gasteiger partial charge in [0.1, 0.15) is 0 Å². The third-order valence-electron chi connectivity index (χ3n) is 3.38. The maximum Gasteiger partial charge on any atom is 0.335 e. The van der Waals surface area contributed by atoms with Crippen LogP contribution in [0.5, 0.6) is 0 Å². The Hall–Kier alpha value is -2.83. The van der Waals surface area contributed by atoms with Crippen LogP contribution >= 0.6 is 0 Å². The third kappa shape index (κ3) is 2.58. The van der Waals surface area contributed by atoms with Gasteiger partial charge in [-0.1, -0.05) is 0 Å². The van der Waals surface area contributed by atoms with Gasteiger partial charge in [0.2, 0.25) is 0 Å². The Morgan fingerprint density at radius 3 is 2.90 bits per heavy atom. The molecule has 0 saturated carbocycles. The predicted octanol–water partition coefficient (Wildman–Crippen LogP) is 1.31. The van der Waals surface area contributed by atoms with Crippen LogP contribution in [-0.2, 0) is 13.1 Å². The molecule has 2 heterocycles. The fourth-order valence-corrected chi connectivity index (χ4v) is 2.34. The van der Waals surface area contributed by atoms with E-state index in [2.05, 4.69) is 9.97 Å². The lowest BCUT2D eigenvalue weighted by atomic mass is 10.2. The van der Waals surface area contributed by atoms with E-state index in [0.29, 0.717) is 17.6 Å². The van der Waals surface area contributed by atoms with E-state index in [4.69, 9.17) is 5.11 Å². The molecule has 3 aromatic rings. The van der Waals surface area contributed by atoms with Crippen LogP contribution in [0, 0.1) is 0 Å². The molecule has 0 aliphatic heterocycles. The lowest BCUT2D eigenvalue weighted by Gasteiger charge is -2.05. The summed E-state index contributed by atoms with van der Waals surface area (Å²) in [6.07, 6.45) is 6.04. The van der Waals surface area contributed by atoms with Crippen molar-refractivity contribution in [3.05, 3.63) is 53.0 Å². The number of nitrogens with one attached hydrogen (secondary N) is 1.